The summed E-state index contributed by atoms with van der Waals surface area (Å²) in [5.41, 5.74) is 2.74. The second kappa shape index (κ2) is 7.64. The molecule has 0 fully saturated rings. The first-order chi connectivity index (χ1) is 14.0. The zero-order chi connectivity index (χ0) is 20.5. The van der Waals surface area contributed by atoms with Gasteiger partial charge in [-0.3, -0.25) is 9.69 Å². The van der Waals surface area contributed by atoms with E-state index < -0.39 is 17.7 Å². The van der Waals surface area contributed by atoms with Gasteiger partial charge in [0.15, 0.2) is 5.78 Å². The fourth-order valence-electron chi connectivity index (χ4n) is 4.18. The van der Waals surface area contributed by atoms with Gasteiger partial charge in [-0.2, -0.15) is 0 Å². The summed E-state index contributed by atoms with van der Waals surface area (Å²) in [5.74, 6) is -2.78. The Kier molecular flexibility index (Phi) is 5.03. The lowest BCUT2D eigenvalue weighted by atomic mass is 9.77. The number of aliphatic carboxylic acids is 1. The molecule has 0 saturated heterocycles. The highest BCUT2D eigenvalue weighted by molar-refractivity contribution is 6.04. The van der Waals surface area contributed by atoms with Crippen molar-refractivity contribution in [1.29, 1.82) is 0 Å². The Morgan fingerprint density at radius 2 is 1.83 bits per heavy atom. The van der Waals surface area contributed by atoms with Gasteiger partial charge >= 0.3 is 5.97 Å². The fraction of sp³-hybridized carbons (Fsp3) is 0.217. The van der Waals surface area contributed by atoms with Crippen LogP contribution in [0.15, 0.2) is 77.1 Å². The standard InChI is InChI=1S/C23H21FN2O3/c1-14-20(23(28)29)21(16-9-5-6-10-17(16)24)22-18(25-14)12-26(13-19(22)27)11-15-7-3-2-4-8-15/h2-10,21,25H,11-13H2,1H3,(H,28,29). The quantitative estimate of drug-likeness (QED) is 0.836. The zero-order valence-corrected chi connectivity index (χ0v) is 16.0. The molecule has 2 aromatic rings. The van der Waals surface area contributed by atoms with E-state index in [9.17, 15) is 19.1 Å². The molecule has 29 heavy (non-hydrogen) atoms. The molecular weight excluding hydrogens is 371 g/mol. The Hall–Kier alpha value is -3.25. The van der Waals surface area contributed by atoms with Crippen LogP contribution in [0.3, 0.4) is 0 Å². The third kappa shape index (κ3) is 3.59. The maximum Gasteiger partial charge on any atom is 0.334 e. The Labute approximate surface area is 168 Å². The third-order valence-electron chi connectivity index (χ3n) is 5.39. The number of hydrogen-bond acceptors (Lipinski definition) is 4. The van der Waals surface area contributed by atoms with Crippen LogP contribution < -0.4 is 5.32 Å². The summed E-state index contributed by atoms with van der Waals surface area (Å²) < 4.78 is 14.6. The molecule has 0 saturated carbocycles. The van der Waals surface area contributed by atoms with Crippen molar-refractivity contribution in [3.8, 4) is 0 Å². The molecule has 2 N–H and O–H groups in total. The van der Waals surface area contributed by atoms with Crippen LogP contribution in [0.1, 0.15) is 24.0 Å². The molecule has 0 aromatic heterocycles. The molecule has 4 rings (SSSR count). The molecule has 6 heteroatoms. The average molecular weight is 392 g/mol. The van der Waals surface area contributed by atoms with E-state index in [0.717, 1.165) is 5.56 Å². The van der Waals surface area contributed by atoms with E-state index in [0.29, 0.717) is 30.1 Å². The lowest BCUT2D eigenvalue weighted by Gasteiger charge is -2.37. The minimum Gasteiger partial charge on any atom is -0.478 e. The first-order valence-electron chi connectivity index (χ1n) is 9.43. The van der Waals surface area contributed by atoms with Crippen molar-refractivity contribution in [2.45, 2.75) is 19.4 Å². The van der Waals surface area contributed by atoms with Gasteiger partial charge in [0, 0.05) is 35.6 Å². The molecule has 148 valence electrons. The van der Waals surface area contributed by atoms with E-state index in [1.165, 1.54) is 6.07 Å². The lowest BCUT2D eigenvalue weighted by Crippen LogP contribution is -2.45. The van der Waals surface area contributed by atoms with E-state index in [2.05, 4.69) is 5.32 Å². The minimum absolute atomic E-state index is 0.0127. The number of carbonyl (C=O) groups is 2. The van der Waals surface area contributed by atoms with Crippen LogP contribution in [0, 0.1) is 5.82 Å². The molecule has 0 radical (unpaired) electrons. The van der Waals surface area contributed by atoms with Gasteiger partial charge < -0.3 is 10.4 Å². The summed E-state index contributed by atoms with van der Waals surface area (Å²) in [6.07, 6.45) is 0. The number of nitrogens with zero attached hydrogens (tertiary/aromatic N) is 1. The number of hydrogen-bond donors (Lipinski definition) is 2. The lowest BCUT2D eigenvalue weighted by molar-refractivity contribution is -0.133. The van der Waals surface area contributed by atoms with E-state index in [4.69, 9.17) is 0 Å². The number of Topliss-reactive ketones (excluding diaryl/α,β-unsaturated/α-hetero) is 1. The normalized spacial score (nSPS) is 19.8. The number of nitrogens with one attached hydrogen (secondary N) is 1. The number of carbonyl (C=O) groups excluding carboxylic acids is 1. The summed E-state index contributed by atoms with van der Waals surface area (Å²) in [7, 11) is 0. The number of rotatable bonds is 4. The monoisotopic (exact) mass is 392 g/mol. The van der Waals surface area contributed by atoms with E-state index >= 15 is 0 Å². The largest absolute Gasteiger partial charge is 0.478 e. The van der Waals surface area contributed by atoms with Gasteiger partial charge in [0.05, 0.1) is 18.0 Å². The third-order valence-corrected chi connectivity index (χ3v) is 5.39. The van der Waals surface area contributed by atoms with E-state index in [1.807, 2.05) is 35.2 Å². The first kappa shape index (κ1) is 19.1. The second-order valence-electron chi connectivity index (χ2n) is 7.37. The Bertz CT molecular complexity index is 1040. The first-order valence-corrected chi connectivity index (χ1v) is 9.43. The Morgan fingerprint density at radius 3 is 2.52 bits per heavy atom. The van der Waals surface area contributed by atoms with E-state index in [-0.39, 0.29) is 23.5 Å². The van der Waals surface area contributed by atoms with Crippen molar-refractivity contribution in [2.24, 2.45) is 0 Å². The maximum atomic E-state index is 14.6. The highest BCUT2D eigenvalue weighted by Gasteiger charge is 2.41. The predicted octanol–water partition coefficient (Wildman–Crippen LogP) is 3.21. The molecule has 0 bridgehead atoms. The van der Waals surface area contributed by atoms with Crippen LogP contribution in [0.5, 0.6) is 0 Å². The second-order valence-corrected chi connectivity index (χ2v) is 7.37. The molecule has 0 aliphatic carbocycles. The number of ketones is 1. The SMILES string of the molecule is CC1=C(C(=O)O)C(c2ccccc2F)C2=C(CN(Cc3ccccc3)CC2=O)N1. The predicted molar refractivity (Wildman–Crippen MR) is 106 cm³/mol. The average Bonchev–Trinajstić information content (AvgIpc) is 2.67. The number of carboxylic acid groups (broad SMARTS) is 1. The van der Waals surface area contributed by atoms with Gasteiger partial charge in [-0.1, -0.05) is 48.5 Å². The van der Waals surface area contributed by atoms with Crippen molar-refractivity contribution in [3.63, 3.8) is 0 Å². The molecule has 0 spiro atoms. The van der Waals surface area contributed by atoms with Crippen molar-refractivity contribution in [2.75, 3.05) is 13.1 Å². The molecule has 2 aromatic carbocycles. The Morgan fingerprint density at radius 1 is 1.14 bits per heavy atom. The Balaban J connectivity index is 1.75. The molecule has 2 aliphatic heterocycles. The maximum absolute atomic E-state index is 14.6. The van der Waals surface area contributed by atoms with Crippen LogP contribution >= 0.6 is 0 Å². The van der Waals surface area contributed by atoms with Crippen LogP contribution in [0.25, 0.3) is 0 Å². The molecule has 1 unspecified atom stereocenters. The van der Waals surface area contributed by atoms with Gasteiger partial charge in [-0.15, -0.1) is 0 Å². The number of benzene rings is 2. The molecule has 2 aliphatic rings. The van der Waals surface area contributed by atoms with Crippen molar-refractivity contribution in [1.82, 2.24) is 10.2 Å². The highest BCUT2D eigenvalue weighted by Crippen LogP contribution is 2.41. The van der Waals surface area contributed by atoms with E-state index in [1.54, 1.807) is 25.1 Å². The van der Waals surface area contributed by atoms with Crippen LogP contribution in [0.2, 0.25) is 0 Å². The number of dihydropyridines is 1. The molecule has 1 atom stereocenters. The minimum atomic E-state index is -1.16. The number of allylic oxidation sites excluding steroid dienone is 1. The van der Waals surface area contributed by atoms with Crippen molar-refractivity contribution in [3.05, 3.63) is 94.1 Å². The van der Waals surface area contributed by atoms with Crippen molar-refractivity contribution >= 4 is 11.8 Å². The van der Waals surface area contributed by atoms with Crippen molar-refractivity contribution < 1.29 is 19.1 Å². The molecule has 5 nitrogen and oxygen atoms in total. The summed E-state index contributed by atoms with van der Waals surface area (Å²) in [6, 6.07) is 15.9. The van der Waals surface area contributed by atoms with Crippen LogP contribution in [-0.4, -0.2) is 34.8 Å². The van der Waals surface area contributed by atoms with Crippen LogP contribution in [-0.2, 0) is 16.1 Å². The molecular formula is C23H21FN2O3. The van der Waals surface area contributed by atoms with Gasteiger partial charge in [-0.25, -0.2) is 9.18 Å². The van der Waals surface area contributed by atoms with Gasteiger partial charge in [-0.05, 0) is 18.6 Å². The molecule has 0 amide bonds. The fourth-order valence-corrected chi connectivity index (χ4v) is 4.18. The summed E-state index contributed by atoms with van der Waals surface area (Å²) in [6.45, 7) is 2.88. The molecule has 2 heterocycles. The van der Waals surface area contributed by atoms with Gasteiger partial charge in [0.1, 0.15) is 5.82 Å². The number of carboxylic acids is 1. The number of halogens is 1. The smallest absolute Gasteiger partial charge is 0.334 e. The zero-order valence-electron chi connectivity index (χ0n) is 16.0. The van der Waals surface area contributed by atoms with Crippen LogP contribution in [0.4, 0.5) is 4.39 Å². The summed E-state index contributed by atoms with van der Waals surface area (Å²) in [5, 5.41) is 12.9. The van der Waals surface area contributed by atoms with Gasteiger partial charge in [0.25, 0.3) is 0 Å². The summed E-state index contributed by atoms with van der Waals surface area (Å²) in [4.78, 5) is 27.1. The highest BCUT2D eigenvalue weighted by atomic mass is 19.1. The van der Waals surface area contributed by atoms with Gasteiger partial charge in [0.2, 0.25) is 0 Å². The summed E-state index contributed by atoms with van der Waals surface area (Å²) >= 11 is 0. The topological polar surface area (TPSA) is 69.6 Å².